The zero-order valence-electron chi connectivity index (χ0n) is 10.2. The van der Waals surface area contributed by atoms with Gasteiger partial charge in [0.05, 0.1) is 11.0 Å². The van der Waals surface area contributed by atoms with Crippen LogP contribution in [0.2, 0.25) is 0 Å². The Kier molecular flexibility index (Phi) is 4.40. The molecule has 1 aromatic heterocycles. The summed E-state index contributed by atoms with van der Waals surface area (Å²) in [6, 6.07) is 10.5. The first-order valence-corrected chi connectivity index (χ1v) is 6.54. The van der Waals surface area contributed by atoms with E-state index in [9.17, 15) is 14.5 Å². The number of thiophene rings is 1. The standard InChI is InChI=1S/C13H10FN3O2S/c14-10-4-2-1-3-9(10)8-16-11(7-15)12-5-6-13(20-12)17(18)19/h1-6,11,16H,8H2. The van der Waals surface area contributed by atoms with Crippen LogP contribution in [0.4, 0.5) is 9.39 Å². The van der Waals surface area contributed by atoms with Gasteiger partial charge in [0.25, 0.3) is 0 Å². The zero-order valence-corrected chi connectivity index (χ0v) is 11.1. The Morgan fingerprint density at radius 3 is 2.75 bits per heavy atom. The molecule has 20 heavy (non-hydrogen) atoms. The minimum absolute atomic E-state index is 0.0204. The number of hydrogen-bond acceptors (Lipinski definition) is 5. The highest BCUT2D eigenvalue weighted by molar-refractivity contribution is 7.15. The molecule has 1 unspecified atom stereocenters. The Morgan fingerprint density at radius 2 is 2.15 bits per heavy atom. The zero-order chi connectivity index (χ0) is 14.5. The van der Waals surface area contributed by atoms with Crippen molar-refractivity contribution in [3.8, 4) is 6.07 Å². The third-order valence-corrected chi connectivity index (χ3v) is 3.76. The Bertz CT molecular complexity index is 666. The van der Waals surface area contributed by atoms with Crippen LogP contribution < -0.4 is 5.32 Å². The van der Waals surface area contributed by atoms with Crippen molar-refractivity contribution in [1.29, 1.82) is 5.26 Å². The van der Waals surface area contributed by atoms with Gasteiger partial charge in [0.15, 0.2) is 0 Å². The summed E-state index contributed by atoms with van der Waals surface area (Å²) in [5.41, 5.74) is 0.443. The highest BCUT2D eigenvalue weighted by Crippen LogP contribution is 2.28. The lowest BCUT2D eigenvalue weighted by Gasteiger charge is -2.09. The quantitative estimate of drug-likeness (QED) is 0.678. The van der Waals surface area contributed by atoms with Crippen molar-refractivity contribution in [2.24, 2.45) is 0 Å². The largest absolute Gasteiger partial charge is 0.324 e. The molecule has 0 spiro atoms. The van der Waals surface area contributed by atoms with Gasteiger partial charge in [-0.25, -0.2) is 4.39 Å². The van der Waals surface area contributed by atoms with E-state index in [1.165, 1.54) is 18.2 Å². The Morgan fingerprint density at radius 1 is 1.40 bits per heavy atom. The normalized spacial score (nSPS) is 11.8. The third kappa shape index (κ3) is 3.17. The fourth-order valence-corrected chi connectivity index (χ4v) is 2.50. The first-order valence-electron chi connectivity index (χ1n) is 5.72. The Hall–Kier alpha value is -2.30. The predicted octanol–water partition coefficient (Wildman–Crippen LogP) is 3.15. The summed E-state index contributed by atoms with van der Waals surface area (Å²) in [4.78, 5) is 10.6. The molecule has 0 fully saturated rings. The van der Waals surface area contributed by atoms with Crippen LogP contribution in [0.5, 0.6) is 0 Å². The molecule has 1 aromatic carbocycles. The molecule has 0 saturated carbocycles. The van der Waals surface area contributed by atoms with Gasteiger partial charge in [-0.15, -0.1) is 0 Å². The maximum Gasteiger partial charge on any atom is 0.324 e. The molecule has 1 heterocycles. The van der Waals surface area contributed by atoms with Crippen molar-refractivity contribution in [3.63, 3.8) is 0 Å². The van der Waals surface area contributed by atoms with Crippen molar-refractivity contribution in [2.75, 3.05) is 0 Å². The van der Waals surface area contributed by atoms with Gasteiger partial charge in [-0.3, -0.25) is 15.4 Å². The van der Waals surface area contributed by atoms with Crippen LogP contribution in [0.25, 0.3) is 0 Å². The maximum atomic E-state index is 13.4. The summed E-state index contributed by atoms with van der Waals surface area (Å²) in [5, 5.41) is 22.6. The predicted molar refractivity (Wildman–Crippen MR) is 72.6 cm³/mol. The average Bonchev–Trinajstić information content (AvgIpc) is 2.91. The van der Waals surface area contributed by atoms with Crippen LogP contribution in [0.15, 0.2) is 36.4 Å². The summed E-state index contributed by atoms with van der Waals surface area (Å²) < 4.78 is 13.4. The second-order valence-electron chi connectivity index (χ2n) is 3.97. The number of nitriles is 1. The van der Waals surface area contributed by atoms with Gasteiger partial charge in [-0.1, -0.05) is 29.5 Å². The SMILES string of the molecule is N#CC(NCc1ccccc1F)c1ccc([N+](=O)[O-])s1. The molecule has 0 bridgehead atoms. The number of nitro groups is 1. The van der Waals surface area contributed by atoms with Gasteiger partial charge in [0.2, 0.25) is 0 Å². The van der Waals surface area contributed by atoms with Gasteiger partial charge in [-0.2, -0.15) is 5.26 Å². The van der Waals surface area contributed by atoms with Crippen molar-refractivity contribution in [3.05, 3.63) is 62.8 Å². The number of halogens is 1. The minimum Gasteiger partial charge on any atom is -0.293 e. The van der Waals surface area contributed by atoms with Crippen LogP contribution >= 0.6 is 11.3 Å². The molecule has 5 nitrogen and oxygen atoms in total. The number of nitrogens with one attached hydrogen (secondary N) is 1. The fourth-order valence-electron chi connectivity index (χ4n) is 1.66. The average molecular weight is 291 g/mol. The molecule has 0 radical (unpaired) electrons. The van der Waals surface area contributed by atoms with Gasteiger partial charge < -0.3 is 0 Å². The molecular formula is C13H10FN3O2S. The van der Waals surface area contributed by atoms with E-state index in [1.807, 2.05) is 6.07 Å². The molecule has 0 aliphatic heterocycles. The number of nitrogens with zero attached hydrogens (tertiary/aromatic N) is 2. The smallest absolute Gasteiger partial charge is 0.293 e. The second kappa shape index (κ2) is 6.23. The highest BCUT2D eigenvalue weighted by Gasteiger charge is 2.17. The molecule has 0 aliphatic rings. The molecule has 1 N–H and O–H groups in total. The van der Waals surface area contributed by atoms with Crippen molar-refractivity contribution >= 4 is 16.3 Å². The van der Waals surface area contributed by atoms with Gasteiger partial charge >= 0.3 is 5.00 Å². The van der Waals surface area contributed by atoms with E-state index in [0.29, 0.717) is 10.4 Å². The molecule has 0 amide bonds. The van der Waals surface area contributed by atoms with Crippen LogP contribution in [0, 0.1) is 27.3 Å². The number of benzene rings is 1. The molecule has 2 aromatic rings. The summed E-state index contributed by atoms with van der Waals surface area (Å²) >= 11 is 0.935. The number of rotatable bonds is 5. The van der Waals surface area contributed by atoms with E-state index in [4.69, 9.17) is 5.26 Å². The minimum atomic E-state index is -0.701. The first-order chi connectivity index (χ1) is 9.61. The van der Waals surface area contributed by atoms with E-state index < -0.39 is 11.0 Å². The molecule has 1 atom stereocenters. The first kappa shape index (κ1) is 14.1. The molecule has 0 aliphatic carbocycles. The summed E-state index contributed by atoms with van der Waals surface area (Å²) in [6.07, 6.45) is 0. The Balaban J connectivity index is 2.08. The summed E-state index contributed by atoms with van der Waals surface area (Å²) in [6.45, 7) is 0.177. The monoisotopic (exact) mass is 291 g/mol. The second-order valence-corrected chi connectivity index (χ2v) is 5.06. The van der Waals surface area contributed by atoms with E-state index in [2.05, 4.69) is 5.32 Å². The molecular weight excluding hydrogens is 281 g/mol. The lowest BCUT2D eigenvalue weighted by Crippen LogP contribution is -2.19. The third-order valence-electron chi connectivity index (χ3n) is 2.66. The summed E-state index contributed by atoms with van der Waals surface area (Å²) in [7, 11) is 0. The molecule has 2 rings (SSSR count). The summed E-state index contributed by atoms with van der Waals surface area (Å²) in [5.74, 6) is -0.353. The van der Waals surface area contributed by atoms with Gasteiger partial charge in [-0.05, 0) is 12.1 Å². The van der Waals surface area contributed by atoms with Crippen molar-refractivity contribution in [2.45, 2.75) is 12.6 Å². The molecule has 7 heteroatoms. The lowest BCUT2D eigenvalue weighted by atomic mass is 10.2. The molecule has 0 saturated heterocycles. The van der Waals surface area contributed by atoms with Gasteiger partial charge in [0.1, 0.15) is 11.9 Å². The van der Waals surface area contributed by atoms with Crippen LogP contribution in [-0.2, 0) is 6.54 Å². The van der Waals surface area contributed by atoms with Crippen LogP contribution in [0.1, 0.15) is 16.5 Å². The fraction of sp³-hybridized carbons (Fsp3) is 0.154. The topological polar surface area (TPSA) is 79.0 Å². The lowest BCUT2D eigenvalue weighted by molar-refractivity contribution is -0.380. The Labute approximate surface area is 118 Å². The van der Waals surface area contributed by atoms with Crippen LogP contribution in [-0.4, -0.2) is 4.92 Å². The van der Waals surface area contributed by atoms with Gasteiger partial charge in [0, 0.05) is 23.1 Å². The highest BCUT2D eigenvalue weighted by atomic mass is 32.1. The molecule has 102 valence electrons. The van der Waals surface area contributed by atoms with E-state index >= 15 is 0 Å². The van der Waals surface area contributed by atoms with Crippen LogP contribution in [0.3, 0.4) is 0 Å². The number of hydrogen-bond donors (Lipinski definition) is 1. The van der Waals surface area contributed by atoms with E-state index in [-0.39, 0.29) is 17.4 Å². The maximum absolute atomic E-state index is 13.4. The van der Waals surface area contributed by atoms with E-state index in [1.54, 1.807) is 18.2 Å². The van der Waals surface area contributed by atoms with Crippen molar-refractivity contribution in [1.82, 2.24) is 5.32 Å². The van der Waals surface area contributed by atoms with Crippen molar-refractivity contribution < 1.29 is 9.31 Å². The van der Waals surface area contributed by atoms with E-state index in [0.717, 1.165) is 11.3 Å².